The third-order valence-electron chi connectivity index (χ3n) is 19.1. The topological polar surface area (TPSA) is 198 Å². The van der Waals surface area contributed by atoms with E-state index >= 15 is 4.79 Å². The van der Waals surface area contributed by atoms with Gasteiger partial charge >= 0.3 is 0 Å². The Morgan fingerprint density at radius 3 is 2.47 bits per heavy atom. The van der Waals surface area contributed by atoms with Crippen LogP contribution in [0.2, 0.25) is 0 Å². The first-order chi connectivity index (χ1) is 29.6. The Morgan fingerprint density at radius 2 is 1.76 bits per heavy atom. The number of aliphatic hydroxyl groups is 6. The Kier molecular flexibility index (Phi) is 12.3. The predicted octanol–water partition coefficient (Wildman–Crippen LogP) is 5.28. The van der Waals surface area contributed by atoms with Crippen LogP contribution in [0.15, 0.2) is 47.3 Å². The Hall–Kier alpha value is -2.09. The number of allylic oxidation sites excluding steroid dienone is 5. The van der Waals surface area contributed by atoms with Gasteiger partial charge in [-0.3, -0.25) is 4.79 Å². The molecule has 11 nitrogen and oxygen atoms in total. The van der Waals surface area contributed by atoms with E-state index in [1.54, 1.807) is 6.92 Å². The lowest BCUT2D eigenvalue weighted by molar-refractivity contribution is -0.225. The van der Waals surface area contributed by atoms with E-state index in [1.807, 2.05) is 19.2 Å². The minimum atomic E-state index is -1.63. The Balaban J connectivity index is 1.18. The Morgan fingerprint density at radius 1 is 1.00 bits per heavy atom. The number of aliphatic hydroxyl groups excluding tert-OH is 4. The molecular weight excluding hydrogens is 783 g/mol. The van der Waals surface area contributed by atoms with Gasteiger partial charge in [0.25, 0.3) is 0 Å². The van der Waals surface area contributed by atoms with Crippen LogP contribution in [-0.4, -0.2) is 97.0 Å². The van der Waals surface area contributed by atoms with Crippen LogP contribution in [0.5, 0.6) is 0 Å². The van der Waals surface area contributed by atoms with Crippen LogP contribution in [0.1, 0.15) is 137 Å². The normalized spacial score (nSPS) is 47.4. The highest BCUT2D eigenvalue weighted by atomic mass is 16.5. The average molecular weight is 862 g/mol. The van der Waals surface area contributed by atoms with Crippen LogP contribution in [0, 0.1) is 64.1 Å². The van der Waals surface area contributed by atoms with Crippen LogP contribution in [0.4, 0.5) is 0 Å². The number of dihydropyridines is 1. The number of carbonyl (C=O) groups excluding carboxylic acids is 1. The molecule has 0 bridgehead atoms. The molecular formula is C51H79N3O8. The van der Waals surface area contributed by atoms with E-state index in [0.717, 1.165) is 56.9 Å². The maximum atomic E-state index is 15.5. The highest BCUT2D eigenvalue weighted by Gasteiger charge is 2.76. The molecule has 0 aromatic carbocycles. The summed E-state index contributed by atoms with van der Waals surface area (Å²) in [7, 11) is 0. The van der Waals surface area contributed by atoms with E-state index in [4.69, 9.17) is 10.5 Å². The summed E-state index contributed by atoms with van der Waals surface area (Å²) in [4.78, 5) is 15.5. The highest BCUT2D eigenvalue weighted by Crippen LogP contribution is 2.75. The fraction of sp³-hybridized carbons (Fsp3) is 0.824. The van der Waals surface area contributed by atoms with Gasteiger partial charge in [0.05, 0.1) is 53.6 Å². The van der Waals surface area contributed by atoms with Gasteiger partial charge in [0, 0.05) is 30.0 Å². The van der Waals surface area contributed by atoms with Crippen LogP contribution < -0.4 is 16.4 Å². The van der Waals surface area contributed by atoms with Crippen molar-refractivity contribution in [2.75, 3.05) is 6.54 Å². The maximum absolute atomic E-state index is 15.5. The monoisotopic (exact) mass is 862 g/mol. The molecule has 0 amide bonds. The van der Waals surface area contributed by atoms with Gasteiger partial charge in [-0.05, 0) is 149 Å². The summed E-state index contributed by atoms with van der Waals surface area (Å²) in [5.41, 5.74) is 3.38. The fourth-order valence-electron chi connectivity index (χ4n) is 16.4. The van der Waals surface area contributed by atoms with E-state index in [-0.39, 0.29) is 67.0 Å². The van der Waals surface area contributed by atoms with Gasteiger partial charge in [0.1, 0.15) is 6.10 Å². The van der Waals surface area contributed by atoms with Crippen molar-refractivity contribution in [1.82, 2.24) is 10.6 Å². The minimum Gasteiger partial charge on any atom is -0.392 e. The van der Waals surface area contributed by atoms with Crippen LogP contribution in [0.25, 0.3) is 0 Å². The van der Waals surface area contributed by atoms with E-state index in [1.165, 1.54) is 19.3 Å². The van der Waals surface area contributed by atoms with E-state index < -0.39 is 64.4 Å². The third kappa shape index (κ3) is 7.07. The average Bonchev–Trinajstić information content (AvgIpc) is 3.58. The molecule has 9 rings (SSSR count). The zero-order valence-electron chi connectivity index (χ0n) is 37.9. The van der Waals surface area contributed by atoms with Gasteiger partial charge in [-0.25, -0.2) is 0 Å². The minimum absolute atomic E-state index is 0.0204. The molecule has 0 radical (unpaired) electrons. The molecule has 1 saturated heterocycles. The summed E-state index contributed by atoms with van der Waals surface area (Å²) >= 11 is 0. The molecule has 7 aliphatic carbocycles. The van der Waals surface area contributed by atoms with Gasteiger partial charge in [0.2, 0.25) is 0 Å². The number of fused-ring (bicyclic) bond motifs is 3. The second-order valence-corrected chi connectivity index (χ2v) is 22.4. The zero-order chi connectivity index (χ0) is 43.9. The smallest absolute Gasteiger partial charge is 0.182 e. The lowest BCUT2D eigenvalue weighted by atomic mass is 9.39. The molecule has 0 aromatic heterocycles. The lowest BCUT2D eigenvalue weighted by Crippen LogP contribution is -2.69. The van der Waals surface area contributed by atoms with Crippen molar-refractivity contribution in [1.29, 1.82) is 0 Å². The fourth-order valence-corrected chi connectivity index (χ4v) is 16.4. The number of Topliss-reactive ketones (excluding diaryl/α,β-unsaturated/α-hetero) is 1. The number of hydrogen-bond acceptors (Lipinski definition) is 11. The van der Waals surface area contributed by atoms with Gasteiger partial charge in [-0.15, -0.1) is 0 Å². The molecule has 62 heavy (non-hydrogen) atoms. The van der Waals surface area contributed by atoms with Crippen molar-refractivity contribution in [2.45, 2.75) is 191 Å². The van der Waals surface area contributed by atoms with Crippen molar-refractivity contribution < 1.29 is 40.2 Å². The standard InChI is InChI=1S/C51H79N3O8/c1-5-9-30-12-17-35-29(3)46(62-39(35)18-13-30)47(59)48(4,60)40-20-21-51(61)43-42-32(24-50(40,51)34-10-7-6-8-11-34)15-14-31(33-16-19-41(52)53-27-33)23-49(42)25-38(57)37(56)22-36(49)45(58)44(43)54-26-28(2)55/h14-16,19,27-32,34-42,46-47,53-57,59-61H,5-13,17-18,20-26,52H2,1-4H3. The van der Waals surface area contributed by atoms with Gasteiger partial charge in [0.15, 0.2) is 5.78 Å². The molecule has 19 unspecified atom stereocenters. The highest BCUT2D eigenvalue weighted by molar-refractivity contribution is 6.00. The van der Waals surface area contributed by atoms with Gasteiger partial charge in [-0.1, -0.05) is 70.6 Å². The number of carbonyl (C=O) groups is 1. The van der Waals surface area contributed by atoms with Crippen LogP contribution in [0.3, 0.4) is 0 Å². The molecule has 1 spiro atoms. The first-order valence-electron chi connectivity index (χ1n) is 25.0. The van der Waals surface area contributed by atoms with Crippen molar-refractivity contribution in [3.8, 4) is 0 Å². The molecule has 10 N–H and O–H groups in total. The summed E-state index contributed by atoms with van der Waals surface area (Å²) in [6.45, 7) is 8.08. The summed E-state index contributed by atoms with van der Waals surface area (Å²) < 4.78 is 6.90. The van der Waals surface area contributed by atoms with Crippen molar-refractivity contribution in [3.63, 3.8) is 0 Å². The summed E-state index contributed by atoms with van der Waals surface area (Å²) in [5.74, 6) is -0.848. The largest absolute Gasteiger partial charge is 0.392 e. The van der Waals surface area contributed by atoms with Gasteiger partial charge < -0.3 is 51.7 Å². The van der Waals surface area contributed by atoms with Crippen LogP contribution in [-0.2, 0) is 9.53 Å². The third-order valence-corrected chi connectivity index (χ3v) is 19.1. The van der Waals surface area contributed by atoms with E-state index in [2.05, 4.69) is 42.7 Å². The second-order valence-electron chi connectivity index (χ2n) is 22.4. The Bertz CT molecular complexity index is 1810. The van der Waals surface area contributed by atoms with E-state index in [0.29, 0.717) is 48.8 Å². The summed E-state index contributed by atoms with van der Waals surface area (Å²) in [6.07, 6.45) is 19.6. The maximum Gasteiger partial charge on any atom is 0.182 e. The molecule has 5 saturated carbocycles. The molecule has 11 heteroatoms. The summed E-state index contributed by atoms with van der Waals surface area (Å²) in [5, 5.41) is 80.9. The number of nitrogens with two attached hydrogens (primary N) is 1. The zero-order valence-corrected chi connectivity index (χ0v) is 37.9. The van der Waals surface area contributed by atoms with Crippen molar-refractivity contribution in [3.05, 3.63) is 47.3 Å². The molecule has 9 aliphatic rings. The SMILES string of the molecule is CCCC1CCC2OC(C(O)C(C)(O)C3CCC4(O)C5=C(NCC(C)O)C(=O)C6CC(O)C(O)CC67CC(C6=CNC(N)C=C6)C=CC(CC34C3CCCCC3)C57)C(C)C2CC1. The quantitative estimate of drug-likeness (QED) is 0.130. The number of rotatable bonds is 10. The van der Waals surface area contributed by atoms with Crippen molar-refractivity contribution in [2.24, 2.45) is 69.8 Å². The van der Waals surface area contributed by atoms with Crippen LogP contribution >= 0.6 is 0 Å². The first-order valence-corrected chi connectivity index (χ1v) is 25.0. The number of ether oxygens (including phenoxy) is 1. The molecule has 0 aromatic rings. The first kappa shape index (κ1) is 45.1. The number of nitrogens with one attached hydrogen (secondary N) is 2. The second kappa shape index (κ2) is 17.0. The summed E-state index contributed by atoms with van der Waals surface area (Å²) in [6, 6.07) is 0. The molecule has 19 atom stereocenters. The Labute approximate surface area is 370 Å². The molecule has 2 heterocycles. The lowest BCUT2D eigenvalue weighted by Gasteiger charge is -2.66. The predicted molar refractivity (Wildman–Crippen MR) is 238 cm³/mol. The van der Waals surface area contributed by atoms with E-state index in [9.17, 15) is 30.6 Å². The number of ketones is 1. The van der Waals surface area contributed by atoms with Gasteiger partial charge in [-0.2, -0.15) is 0 Å². The van der Waals surface area contributed by atoms with Crippen molar-refractivity contribution >= 4 is 5.78 Å². The molecule has 346 valence electrons. The number of hydrogen-bond donors (Lipinski definition) is 9. The molecule has 2 aliphatic heterocycles. The molecule has 6 fully saturated rings.